The lowest BCUT2D eigenvalue weighted by Crippen LogP contribution is -2.44. The molecule has 0 radical (unpaired) electrons. The summed E-state index contributed by atoms with van der Waals surface area (Å²) in [6, 6.07) is 8.89. The van der Waals surface area contributed by atoms with E-state index in [1.165, 1.54) is 4.31 Å². The molecule has 1 fully saturated rings. The zero-order chi connectivity index (χ0) is 13.2. The molecule has 0 atom stereocenters. The third-order valence-corrected chi connectivity index (χ3v) is 6.35. The number of sulfonamides is 1. The summed E-state index contributed by atoms with van der Waals surface area (Å²) in [7, 11) is -6.47. The normalized spacial score (nSPS) is 20.7. The molecule has 1 aromatic carbocycles. The van der Waals surface area contributed by atoms with Crippen molar-refractivity contribution in [2.45, 2.75) is 5.75 Å². The largest absolute Gasteiger partial charge is 0.229 e. The Hall–Kier alpha value is -0.920. The van der Waals surface area contributed by atoms with Crippen LogP contribution in [0.1, 0.15) is 5.56 Å². The Morgan fingerprint density at radius 2 is 1.61 bits per heavy atom. The summed E-state index contributed by atoms with van der Waals surface area (Å²) >= 11 is 0. The van der Waals surface area contributed by atoms with E-state index in [9.17, 15) is 16.8 Å². The molecule has 1 aliphatic rings. The Bertz CT molecular complexity index is 594. The van der Waals surface area contributed by atoms with Gasteiger partial charge in [-0.1, -0.05) is 30.3 Å². The maximum atomic E-state index is 12.1. The van der Waals surface area contributed by atoms with E-state index in [0.29, 0.717) is 5.56 Å². The Balaban J connectivity index is 2.09. The van der Waals surface area contributed by atoms with E-state index in [1.54, 1.807) is 24.3 Å². The van der Waals surface area contributed by atoms with E-state index in [1.807, 2.05) is 6.07 Å². The molecule has 0 unspecified atom stereocenters. The van der Waals surface area contributed by atoms with Gasteiger partial charge >= 0.3 is 0 Å². The van der Waals surface area contributed by atoms with Crippen LogP contribution in [0.4, 0.5) is 0 Å². The van der Waals surface area contributed by atoms with Crippen LogP contribution in [0.2, 0.25) is 0 Å². The van der Waals surface area contributed by atoms with Crippen molar-refractivity contribution < 1.29 is 16.8 Å². The second-order valence-corrected chi connectivity index (χ2v) is 8.57. The summed E-state index contributed by atoms with van der Waals surface area (Å²) in [5.74, 6) is -0.240. The molecule has 1 aromatic rings. The summed E-state index contributed by atoms with van der Waals surface area (Å²) < 4.78 is 48.0. The third kappa shape index (κ3) is 3.30. The summed E-state index contributed by atoms with van der Waals surface area (Å²) in [5.41, 5.74) is 0.714. The molecule has 1 heterocycles. The molecule has 0 bridgehead atoms. The molecule has 7 heteroatoms. The summed E-state index contributed by atoms with van der Waals surface area (Å²) in [6.45, 7) is 0.134. The van der Waals surface area contributed by atoms with E-state index in [2.05, 4.69) is 0 Å². The van der Waals surface area contributed by atoms with Gasteiger partial charge in [0.25, 0.3) is 0 Å². The highest BCUT2D eigenvalue weighted by Crippen LogP contribution is 2.14. The molecule has 0 aromatic heterocycles. The van der Waals surface area contributed by atoms with E-state index in [0.717, 1.165) is 0 Å². The van der Waals surface area contributed by atoms with Crippen LogP contribution in [0.3, 0.4) is 0 Å². The predicted molar refractivity (Wildman–Crippen MR) is 69.3 cm³/mol. The number of nitrogens with zero attached hydrogens (tertiary/aromatic N) is 1. The van der Waals surface area contributed by atoms with Crippen molar-refractivity contribution in [3.8, 4) is 0 Å². The van der Waals surface area contributed by atoms with Gasteiger partial charge in [0.15, 0.2) is 9.84 Å². The molecule has 0 amide bonds. The zero-order valence-electron chi connectivity index (χ0n) is 9.82. The molecule has 0 aliphatic carbocycles. The molecule has 0 N–H and O–H groups in total. The Morgan fingerprint density at radius 1 is 1.06 bits per heavy atom. The molecule has 0 spiro atoms. The number of hydrogen-bond acceptors (Lipinski definition) is 4. The lowest BCUT2D eigenvalue weighted by molar-refractivity contribution is 0.430. The van der Waals surface area contributed by atoms with E-state index >= 15 is 0 Å². The van der Waals surface area contributed by atoms with E-state index in [4.69, 9.17) is 0 Å². The van der Waals surface area contributed by atoms with Crippen molar-refractivity contribution in [3.05, 3.63) is 35.9 Å². The Morgan fingerprint density at radius 3 is 2.17 bits per heavy atom. The topological polar surface area (TPSA) is 71.5 Å². The molecule has 100 valence electrons. The molecule has 1 saturated heterocycles. The minimum atomic E-state index is -3.42. The maximum absolute atomic E-state index is 12.1. The molecular weight excluding hydrogens is 274 g/mol. The van der Waals surface area contributed by atoms with E-state index < -0.39 is 19.9 Å². The van der Waals surface area contributed by atoms with Crippen molar-refractivity contribution >= 4 is 19.9 Å². The number of sulfone groups is 1. The quantitative estimate of drug-likeness (QED) is 0.799. The standard InChI is InChI=1S/C11H15NO4S2/c13-17(14)8-6-12(7-9-17)18(15,16)10-11-4-2-1-3-5-11/h1-5H,6-10H2. The van der Waals surface area contributed by atoms with Gasteiger partial charge < -0.3 is 0 Å². The van der Waals surface area contributed by atoms with Gasteiger partial charge in [0.2, 0.25) is 10.0 Å². The van der Waals surface area contributed by atoms with Gasteiger partial charge in [0.1, 0.15) is 0 Å². The fourth-order valence-electron chi connectivity index (χ4n) is 1.85. The number of hydrogen-bond donors (Lipinski definition) is 0. The first kappa shape index (κ1) is 13.5. The molecule has 1 aliphatic heterocycles. The van der Waals surface area contributed by atoms with Crippen LogP contribution < -0.4 is 0 Å². The molecule has 5 nitrogen and oxygen atoms in total. The lowest BCUT2D eigenvalue weighted by Gasteiger charge is -2.25. The minimum Gasteiger partial charge on any atom is -0.229 e. The van der Waals surface area contributed by atoms with Crippen molar-refractivity contribution in [2.75, 3.05) is 24.6 Å². The van der Waals surface area contributed by atoms with Gasteiger partial charge in [-0.2, -0.15) is 4.31 Å². The first-order chi connectivity index (χ1) is 8.39. The van der Waals surface area contributed by atoms with Crippen LogP contribution in [0, 0.1) is 0 Å². The molecule has 18 heavy (non-hydrogen) atoms. The van der Waals surface area contributed by atoms with Gasteiger partial charge in [0.05, 0.1) is 17.3 Å². The molecule has 0 saturated carbocycles. The van der Waals surface area contributed by atoms with Crippen LogP contribution in [-0.4, -0.2) is 45.7 Å². The fraction of sp³-hybridized carbons (Fsp3) is 0.455. The highest BCUT2D eigenvalue weighted by atomic mass is 32.2. The van der Waals surface area contributed by atoms with Crippen molar-refractivity contribution in [3.63, 3.8) is 0 Å². The predicted octanol–water partition coefficient (Wildman–Crippen LogP) is 0.247. The third-order valence-electron chi connectivity index (χ3n) is 2.89. The first-order valence-corrected chi connectivity index (χ1v) is 9.04. The summed E-state index contributed by atoms with van der Waals surface area (Å²) in [6.07, 6.45) is 0. The summed E-state index contributed by atoms with van der Waals surface area (Å²) in [4.78, 5) is 0. The van der Waals surface area contributed by atoms with Crippen LogP contribution >= 0.6 is 0 Å². The number of rotatable bonds is 3. The fourth-order valence-corrected chi connectivity index (χ4v) is 4.82. The van der Waals surface area contributed by atoms with E-state index in [-0.39, 0.29) is 30.3 Å². The number of benzene rings is 1. The average molecular weight is 289 g/mol. The Kier molecular flexibility index (Phi) is 3.74. The lowest BCUT2D eigenvalue weighted by atomic mass is 10.2. The zero-order valence-corrected chi connectivity index (χ0v) is 11.5. The SMILES string of the molecule is O=S1(=O)CCN(S(=O)(=O)Cc2ccccc2)CC1. The van der Waals surface area contributed by atoms with Crippen molar-refractivity contribution in [1.29, 1.82) is 0 Å². The minimum absolute atomic E-state index is 0.0670. The molecule has 2 rings (SSSR count). The van der Waals surface area contributed by atoms with Gasteiger partial charge in [-0.15, -0.1) is 0 Å². The van der Waals surface area contributed by atoms with Crippen molar-refractivity contribution in [1.82, 2.24) is 4.31 Å². The smallest absolute Gasteiger partial charge is 0.218 e. The maximum Gasteiger partial charge on any atom is 0.218 e. The highest BCUT2D eigenvalue weighted by molar-refractivity contribution is 7.92. The van der Waals surface area contributed by atoms with Crippen LogP contribution in [-0.2, 0) is 25.6 Å². The van der Waals surface area contributed by atoms with Gasteiger partial charge in [0, 0.05) is 13.1 Å². The first-order valence-electron chi connectivity index (χ1n) is 5.61. The van der Waals surface area contributed by atoms with Crippen LogP contribution in [0.25, 0.3) is 0 Å². The monoisotopic (exact) mass is 289 g/mol. The van der Waals surface area contributed by atoms with Crippen LogP contribution in [0.5, 0.6) is 0 Å². The second-order valence-electron chi connectivity index (χ2n) is 4.29. The summed E-state index contributed by atoms with van der Waals surface area (Å²) in [5, 5.41) is 0. The molecular formula is C11H15NO4S2. The van der Waals surface area contributed by atoms with Gasteiger partial charge in [-0.3, -0.25) is 0 Å². The average Bonchev–Trinajstić information content (AvgIpc) is 2.29. The Labute approximate surface area is 107 Å². The van der Waals surface area contributed by atoms with Crippen molar-refractivity contribution in [2.24, 2.45) is 0 Å². The highest BCUT2D eigenvalue weighted by Gasteiger charge is 2.29. The second kappa shape index (κ2) is 4.99. The van der Waals surface area contributed by atoms with Gasteiger partial charge in [-0.25, -0.2) is 16.8 Å². The van der Waals surface area contributed by atoms with Gasteiger partial charge in [-0.05, 0) is 5.56 Å². The van der Waals surface area contributed by atoms with Crippen LogP contribution in [0.15, 0.2) is 30.3 Å².